The Morgan fingerprint density at radius 3 is 2.67 bits per heavy atom. The second kappa shape index (κ2) is 6.53. The molecule has 6 nitrogen and oxygen atoms in total. The molecule has 0 N–H and O–H groups in total. The van der Waals surface area contributed by atoms with Gasteiger partial charge in [0.2, 0.25) is 11.8 Å². The first-order valence-electron chi connectivity index (χ1n) is 6.34. The lowest BCUT2D eigenvalue weighted by molar-refractivity contribution is 0.0738. The molecular weight excluding hydrogens is 290 g/mol. The molecule has 0 spiro atoms. The van der Waals surface area contributed by atoms with Crippen LogP contribution in [0.15, 0.2) is 23.7 Å². The third-order valence-electron chi connectivity index (χ3n) is 3.18. The summed E-state index contributed by atoms with van der Waals surface area (Å²) in [6.45, 7) is 1.93. The van der Waals surface area contributed by atoms with Gasteiger partial charge in [-0.15, -0.1) is 11.3 Å². The van der Waals surface area contributed by atoms with Gasteiger partial charge in [0.1, 0.15) is 10.6 Å². The fourth-order valence-corrected chi connectivity index (χ4v) is 2.57. The molecule has 1 amide bonds. The van der Waals surface area contributed by atoms with Gasteiger partial charge in [-0.05, 0) is 13.0 Å². The molecule has 2 rings (SSSR count). The topological polar surface area (TPSA) is 64.5 Å². The lowest BCUT2D eigenvalue weighted by Crippen LogP contribution is -2.30. The van der Waals surface area contributed by atoms with Crippen molar-refractivity contribution in [1.29, 1.82) is 0 Å². The molecule has 0 radical (unpaired) electrons. The van der Waals surface area contributed by atoms with Crippen molar-refractivity contribution in [3.8, 4) is 11.8 Å². The van der Waals surface area contributed by atoms with Crippen molar-refractivity contribution in [3.05, 3.63) is 34.3 Å². The fraction of sp³-hybridized carbons (Fsp3) is 0.357. The second-order valence-electron chi connectivity index (χ2n) is 4.37. The quantitative estimate of drug-likeness (QED) is 0.848. The zero-order valence-electron chi connectivity index (χ0n) is 12.4. The zero-order chi connectivity index (χ0) is 15.4. The van der Waals surface area contributed by atoms with Gasteiger partial charge in [-0.25, -0.2) is 4.98 Å². The summed E-state index contributed by atoms with van der Waals surface area (Å²) in [7, 11) is 4.72. The van der Waals surface area contributed by atoms with Gasteiger partial charge >= 0.3 is 0 Å². The number of carbonyl (C=O) groups is 1. The van der Waals surface area contributed by atoms with E-state index in [9.17, 15) is 4.79 Å². The van der Waals surface area contributed by atoms with Crippen LogP contribution in [0.4, 0.5) is 0 Å². The van der Waals surface area contributed by atoms with Gasteiger partial charge in [0.15, 0.2) is 0 Å². The number of ether oxygens (including phenoxy) is 2. The van der Waals surface area contributed by atoms with Crippen molar-refractivity contribution in [3.63, 3.8) is 0 Å². The molecule has 0 unspecified atom stereocenters. The second-order valence-corrected chi connectivity index (χ2v) is 5.30. The van der Waals surface area contributed by atoms with E-state index in [1.54, 1.807) is 30.3 Å². The summed E-state index contributed by atoms with van der Waals surface area (Å²) < 4.78 is 10.2. The Kier molecular flexibility index (Phi) is 4.74. The normalized spacial score (nSPS) is 11.8. The van der Waals surface area contributed by atoms with Crippen LogP contribution in [0.2, 0.25) is 0 Å². The summed E-state index contributed by atoms with van der Waals surface area (Å²) in [5.74, 6) is 0.473. The fourth-order valence-electron chi connectivity index (χ4n) is 1.83. The highest BCUT2D eigenvalue weighted by atomic mass is 32.1. The van der Waals surface area contributed by atoms with Crippen LogP contribution in [-0.2, 0) is 0 Å². The summed E-state index contributed by atoms with van der Waals surface area (Å²) in [5.41, 5.74) is 0.393. The maximum Gasteiger partial charge on any atom is 0.259 e. The summed E-state index contributed by atoms with van der Waals surface area (Å²) in [6, 6.07) is 3.17. The number of methoxy groups -OCH3 is 2. The van der Waals surface area contributed by atoms with Crippen molar-refractivity contribution in [2.24, 2.45) is 0 Å². The standard InChI is InChI=1S/C14H17N3O3S/c1-9(13-15-7-8-21-13)17(2)14(18)10-5-6-11(19-3)16-12(10)20-4/h5-9H,1-4H3/t9-/m1/s1. The summed E-state index contributed by atoms with van der Waals surface area (Å²) in [6.07, 6.45) is 1.73. The molecule has 21 heavy (non-hydrogen) atoms. The minimum absolute atomic E-state index is 0.121. The van der Waals surface area contributed by atoms with Gasteiger partial charge in [0, 0.05) is 24.7 Å². The number of pyridine rings is 1. The number of aromatic nitrogens is 2. The first-order chi connectivity index (χ1) is 10.1. The molecule has 0 aliphatic heterocycles. The van der Waals surface area contributed by atoms with Crippen LogP contribution in [0.1, 0.15) is 28.3 Å². The van der Waals surface area contributed by atoms with Crippen molar-refractivity contribution < 1.29 is 14.3 Å². The molecule has 2 aromatic heterocycles. The van der Waals surface area contributed by atoms with Crippen LogP contribution < -0.4 is 9.47 Å². The van der Waals surface area contributed by atoms with Gasteiger partial charge in [-0.3, -0.25) is 4.79 Å². The van der Waals surface area contributed by atoms with Crippen LogP contribution >= 0.6 is 11.3 Å². The Hall–Kier alpha value is -2.15. The highest BCUT2D eigenvalue weighted by Crippen LogP contribution is 2.26. The molecule has 1 atom stereocenters. The summed E-state index contributed by atoms with van der Waals surface area (Å²) >= 11 is 1.52. The summed E-state index contributed by atoms with van der Waals surface area (Å²) in [4.78, 5) is 22.6. The largest absolute Gasteiger partial charge is 0.481 e. The molecule has 7 heteroatoms. The Morgan fingerprint density at radius 2 is 2.10 bits per heavy atom. The highest BCUT2D eigenvalue weighted by Gasteiger charge is 2.24. The SMILES string of the molecule is COc1ccc(C(=O)N(C)[C@H](C)c2nccs2)c(OC)n1. The Bertz CT molecular complexity index is 616. The van der Waals surface area contributed by atoms with E-state index in [-0.39, 0.29) is 17.8 Å². The van der Waals surface area contributed by atoms with Gasteiger partial charge in [-0.2, -0.15) is 4.98 Å². The maximum absolute atomic E-state index is 12.6. The lowest BCUT2D eigenvalue weighted by atomic mass is 10.2. The average molecular weight is 307 g/mol. The number of carbonyl (C=O) groups excluding carboxylic acids is 1. The molecule has 0 bridgehead atoms. The number of thiazole rings is 1. The maximum atomic E-state index is 12.6. The minimum atomic E-state index is -0.176. The van der Waals surface area contributed by atoms with E-state index in [1.807, 2.05) is 12.3 Å². The van der Waals surface area contributed by atoms with Gasteiger partial charge in [0.05, 0.1) is 20.3 Å². The molecule has 2 heterocycles. The molecular formula is C14H17N3O3S. The van der Waals surface area contributed by atoms with Crippen molar-refractivity contribution in [2.45, 2.75) is 13.0 Å². The van der Waals surface area contributed by atoms with Gasteiger partial charge < -0.3 is 14.4 Å². The first kappa shape index (κ1) is 15.2. The highest BCUT2D eigenvalue weighted by molar-refractivity contribution is 7.09. The molecule has 0 aliphatic carbocycles. The van der Waals surface area contributed by atoms with Gasteiger partial charge in [-0.1, -0.05) is 0 Å². The third kappa shape index (κ3) is 3.13. The molecule has 2 aromatic rings. The van der Waals surface area contributed by atoms with Crippen LogP contribution in [0.5, 0.6) is 11.8 Å². The van der Waals surface area contributed by atoms with Crippen molar-refractivity contribution >= 4 is 17.2 Å². The summed E-state index contributed by atoms with van der Waals surface area (Å²) in [5, 5.41) is 2.77. The van der Waals surface area contributed by atoms with E-state index >= 15 is 0 Å². The molecule has 112 valence electrons. The lowest BCUT2D eigenvalue weighted by Gasteiger charge is -2.23. The van der Waals surface area contributed by atoms with Crippen LogP contribution in [-0.4, -0.2) is 42.0 Å². The number of hydrogen-bond acceptors (Lipinski definition) is 6. The first-order valence-corrected chi connectivity index (χ1v) is 7.22. The van der Waals surface area contributed by atoms with E-state index in [1.165, 1.54) is 25.6 Å². The van der Waals surface area contributed by atoms with Gasteiger partial charge in [0.25, 0.3) is 5.91 Å². The number of amides is 1. The number of hydrogen-bond donors (Lipinski definition) is 0. The average Bonchev–Trinajstić information content (AvgIpc) is 3.06. The molecule has 0 saturated heterocycles. The van der Waals surface area contributed by atoms with Crippen LogP contribution in [0, 0.1) is 0 Å². The van der Waals surface area contributed by atoms with Crippen LogP contribution in [0.25, 0.3) is 0 Å². The van der Waals surface area contributed by atoms with E-state index in [2.05, 4.69) is 9.97 Å². The van der Waals surface area contributed by atoms with E-state index in [4.69, 9.17) is 9.47 Å². The Morgan fingerprint density at radius 1 is 1.33 bits per heavy atom. The van der Waals surface area contributed by atoms with Crippen molar-refractivity contribution in [1.82, 2.24) is 14.9 Å². The minimum Gasteiger partial charge on any atom is -0.481 e. The third-order valence-corrected chi connectivity index (χ3v) is 4.12. The predicted octanol–water partition coefficient (Wildman–Crippen LogP) is 2.39. The van der Waals surface area contributed by atoms with Crippen molar-refractivity contribution in [2.75, 3.05) is 21.3 Å². The van der Waals surface area contributed by atoms with E-state index < -0.39 is 0 Å². The van der Waals surface area contributed by atoms with E-state index in [0.29, 0.717) is 11.4 Å². The Labute approximate surface area is 127 Å². The van der Waals surface area contributed by atoms with Crippen LogP contribution in [0.3, 0.4) is 0 Å². The molecule has 0 aliphatic rings. The zero-order valence-corrected chi connectivity index (χ0v) is 13.2. The Balaban J connectivity index is 2.27. The van der Waals surface area contributed by atoms with E-state index in [0.717, 1.165) is 5.01 Å². The smallest absolute Gasteiger partial charge is 0.259 e. The molecule has 0 aromatic carbocycles. The molecule has 0 saturated carbocycles. The monoisotopic (exact) mass is 307 g/mol. The number of nitrogens with zero attached hydrogens (tertiary/aromatic N) is 3. The molecule has 0 fully saturated rings. The predicted molar refractivity (Wildman–Crippen MR) is 80.0 cm³/mol. The number of rotatable bonds is 5.